The van der Waals surface area contributed by atoms with Gasteiger partial charge in [-0.15, -0.1) is 0 Å². The fraction of sp³-hybridized carbons (Fsp3) is 0.0952. The second-order valence-electron chi connectivity index (χ2n) is 6.93. The van der Waals surface area contributed by atoms with Gasteiger partial charge >= 0.3 is 0 Å². The summed E-state index contributed by atoms with van der Waals surface area (Å²) in [6.45, 7) is -0.0133. The molecule has 0 aliphatic carbocycles. The van der Waals surface area contributed by atoms with Crippen LogP contribution in [0, 0.1) is 10.1 Å². The lowest BCUT2D eigenvalue weighted by atomic mass is 10.2. The zero-order valence-electron chi connectivity index (χ0n) is 17.2. The second kappa shape index (κ2) is 8.00. The molecule has 0 spiro atoms. The summed E-state index contributed by atoms with van der Waals surface area (Å²) in [6, 6.07) is 13.3. The Kier molecular flexibility index (Phi) is 4.86. The van der Waals surface area contributed by atoms with Gasteiger partial charge in [0.25, 0.3) is 11.2 Å². The van der Waals surface area contributed by atoms with Gasteiger partial charge in [0, 0.05) is 6.07 Å². The smallest absolute Gasteiger partial charge is 0.294 e. The molecule has 12 heteroatoms. The predicted octanol–water partition coefficient (Wildman–Crippen LogP) is 2.60. The van der Waals surface area contributed by atoms with Crippen molar-refractivity contribution in [2.45, 2.75) is 6.54 Å². The summed E-state index contributed by atoms with van der Waals surface area (Å²) in [5, 5.41) is 19.7. The van der Waals surface area contributed by atoms with E-state index >= 15 is 0 Å². The van der Waals surface area contributed by atoms with Gasteiger partial charge in [-0.3, -0.25) is 19.5 Å². The molecule has 2 aromatic carbocycles. The van der Waals surface area contributed by atoms with Crippen LogP contribution in [0.25, 0.3) is 28.1 Å². The third kappa shape index (κ3) is 3.48. The van der Waals surface area contributed by atoms with Crippen molar-refractivity contribution in [3.8, 4) is 22.8 Å². The van der Waals surface area contributed by atoms with Gasteiger partial charge in [0.1, 0.15) is 29.7 Å². The monoisotopic (exact) mass is 445 g/mol. The van der Waals surface area contributed by atoms with Crippen molar-refractivity contribution in [1.29, 1.82) is 0 Å². The lowest BCUT2D eigenvalue weighted by molar-refractivity contribution is -0.384. The molecule has 0 aliphatic rings. The Balaban J connectivity index is 1.50. The van der Waals surface area contributed by atoms with Gasteiger partial charge in [-0.1, -0.05) is 29.4 Å². The van der Waals surface area contributed by atoms with E-state index in [4.69, 9.17) is 9.26 Å². The molecular weight excluding hydrogens is 430 g/mol. The molecule has 0 saturated heterocycles. The molecule has 0 radical (unpaired) electrons. The fourth-order valence-corrected chi connectivity index (χ4v) is 3.44. The van der Waals surface area contributed by atoms with E-state index in [1.807, 2.05) is 12.1 Å². The maximum Gasteiger partial charge on any atom is 0.294 e. The average molecular weight is 445 g/mol. The number of methoxy groups -OCH3 is 1. The lowest BCUT2D eigenvalue weighted by Crippen LogP contribution is -2.21. The molecule has 0 aliphatic heterocycles. The molecule has 0 fully saturated rings. The first-order valence-corrected chi connectivity index (χ1v) is 9.69. The molecule has 0 N–H and O–H groups in total. The van der Waals surface area contributed by atoms with Crippen molar-refractivity contribution in [2.24, 2.45) is 0 Å². The lowest BCUT2D eigenvalue weighted by Gasteiger charge is -2.05. The number of benzene rings is 2. The maximum absolute atomic E-state index is 13.0. The average Bonchev–Trinajstić information content (AvgIpc) is 3.48. The van der Waals surface area contributed by atoms with Crippen LogP contribution in [0.4, 0.5) is 5.69 Å². The number of rotatable bonds is 6. The summed E-state index contributed by atoms with van der Waals surface area (Å²) in [6.07, 6.45) is 2.64. The number of nitrogens with zero attached hydrogens (tertiary/aromatic N) is 7. The zero-order valence-corrected chi connectivity index (χ0v) is 17.2. The van der Waals surface area contributed by atoms with Crippen molar-refractivity contribution in [3.05, 3.63) is 87.4 Å². The van der Waals surface area contributed by atoms with Gasteiger partial charge in [-0.2, -0.15) is 10.1 Å². The topological polar surface area (TPSA) is 144 Å². The number of fused-ring (bicyclic) bond motifs is 1. The number of hydrogen-bond donors (Lipinski definition) is 0. The maximum atomic E-state index is 13.0. The summed E-state index contributed by atoms with van der Waals surface area (Å²) >= 11 is 0. The molecule has 3 heterocycles. The first-order chi connectivity index (χ1) is 16.1. The largest absolute Gasteiger partial charge is 0.496 e. The molecule has 33 heavy (non-hydrogen) atoms. The number of nitro benzene ring substituents is 1. The third-order valence-electron chi connectivity index (χ3n) is 4.98. The van der Waals surface area contributed by atoms with E-state index in [1.165, 1.54) is 33.9 Å². The van der Waals surface area contributed by atoms with E-state index in [0.29, 0.717) is 17.1 Å². The molecule has 12 nitrogen and oxygen atoms in total. The highest BCUT2D eigenvalue weighted by atomic mass is 16.6. The van der Waals surface area contributed by atoms with E-state index in [1.54, 1.807) is 31.4 Å². The van der Waals surface area contributed by atoms with Crippen LogP contribution in [0.2, 0.25) is 0 Å². The van der Waals surface area contributed by atoms with Gasteiger partial charge in [0.05, 0.1) is 23.8 Å². The molecule has 5 aromatic rings. The Morgan fingerprint density at radius 3 is 2.76 bits per heavy atom. The third-order valence-corrected chi connectivity index (χ3v) is 4.98. The van der Waals surface area contributed by atoms with Crippen molar-refractivity contribution in [1.82, 2.24) is 29.5 Å². The minimum atomic E-state index is -0.515. The highest BCUT2D eigenvalue weighted by Crippen LogP contribution is 2.27. The standard InChI is InChI=1S/C21H15N7O5/c1-32-17-9-5-2-6-13(17)19-24-18(33-25-19)11-26-12-22-20-14(21(26)29)10-23-27(20)15-7-3-4-8-16(15)28(30)31/h2-10,12H,11H2,1H3. The molecule has 0 unspecified atom stereocenters. The van der Waals surface area contributed by atoms with Crippen LogP contribution in [0.5, 0.6) is 5.75 Å². The molecule has 0 bridgehead atoms. The van der Waals surface area contributed by atoms with Gasteiger partial charge in [-0.05, 0) is 18.2 Å². The number of ether oxygens (including phenoxy) is 1. The van der Waals surface area contributed by atoms with E-state index in [2.05, 4.69) is 20.2 Å². The van der Waals surface area contributed by atoms with Crippen molar-refractivity contribution in [2.75, 3.05) is 7.11 Å². The van der Waals surface area contributed by atoms with E-state index in [-0.39, 0.29) is 34.8 Å². The van der Waals surface area contributed by atoms with Crippen molar-refractivity contribution >= 4 is 16.7 Å². The molecule has 5 rings (SSSR count). The molecule has 0 saturated carbocycles. The van der Waals surface area contributed by atoms with Crippen LogP contribution in [0.1, 0.15) is 5.89 Å². The van der Waals surface area contributed by atoms with E-state index in [9.17, 15) is 14.9 Å². The quantitative estimate of drug-likeness (QED) is 0.284. The highest BCUT2D eigenvalue weighted by molar-refractivity contribution is 5.76. The zero-order chi connectivity index (χ0) is 22.9. The highest BCUT2D eigenvalue weighted by Gasteiger charge is 2.20. The van der Waals surface area contributed by atoms with Crippen LogP contribution < -0.4 is 10.3 Å². The van der Waals surface area contributed by atoms with Gasteiger partial charge in [0.2, 0.25) is 11.7 Å². The molecule has 0 atom stereocenters. The van der Waals surface area contributed by atoms with Gasteiger partial charge in [-0.25, -0.2) is 9.67 Å². The summed E-state index contributed by atoms with van der Waals surface area (Å²) in [5.41, 5.74) is 0.512. The number of nitro groups is 1. The number of hydrogen-bond acceptors (Lipinski definition) is 9. The van der Waals surface area contributed by atoms with Gasteiger partial charge < -0.3 is 9.26 Å². The van der Waals surface area contributed by atoms with Crippen LogP contribution >= 0.6 is 0 Å². The Hall–Kier alpha value is -4.87. The van der Waals surface area contributed by atoms with E-state index in [0.717, 1.165) is 0 Å². The Morgan fingerprint density at radius 2 is 1.94 bits per heavy atom. The molecular formula is C21H15N7O5. The molecule has 164 valence electrons. The minimum Gasteiger partial charge on any atom is -0.496 e. The number of para-hydroxylation sites is 3. The van der Waals surface area contributed by atoms with E-state index < -0.39 is 10.5 Å². The first kappa shape index (κ1) is 20.1. The van der Waals surface area contributed by atoms with Crippen LogP contribution in [0.15, 0.2) is 70.4 Å². The summed E-state index contributed by atoms with van der Waals surface area (Å²) in [4.78, 5) is 32.5. The minimum absolute atomic E-state index is 0.0133. The predicted molar refractivity (Wildman–Crippen MR) is 115 cm³/mol. The van der Waals surface area contributed by atoms with Gasteiger partial charge in [0.15, 0.2) is 5.65 Å². The Morgan fingerprint density at radius 1 is 1.15 bits per heavy atom. The molecule has 0 amide bonds. The molecule has 3 aromatic heterocycles. The van der Waals surface area contributed by atoms with Crippen LogP contribution in [-0.2, 0) is 6.54 Å². The Labute approximate surface area is 184 Å². The second-order valence-corrected chi connectivity index (χ2v) is 6.93. The van der Waals surface area contributed by atoms with Crippen molar-refractivity contribution < 1.29 is 14.2 Å². The van der Waals surface area contributed by atoms with Crippen LogP contribution in [0.3, 0.4) is 0 Å². The first-order valence-electron chi connectivity index (χ1n) is 9.69. The summed E-state index contributed by atoms with van der Waals surface area (Å²) < 4.78 is 13.2. The number of aromatic nitrogens is 6. The fourth-order valence-electron chi connectivity index (χ4n) is 3.44. The summed E-state index contributed by atoms with van der Waals surface area (Å²) in [5.74, 6) is 1.12. The normalized spacial score (nSPS) is 11.1. The summed E-state index contributed by atoms with van der Waals surface area (Å²) in [7, 11) is 1.55. The van der Waals surface area contributed by atoms with Crippen LogP contribution in [-0.4, -0.2) is 41.5 Å². The Bertz CT molecular complexity index is 1550. The van der Waals surface area contributed by atoms with Crippen molar-refractivity contribution in [3.63, 3.8) is 0 Å². The SMILES string of the molecule is COc1ccccc1-c1noc(Cn2cnc3c(cnn3-c3ccccc3[N+](=O)[O-])c2=O)n1.